The fourth-order valence-corrected chi connectivity index (χ4v) is 2.96. The number of methoxy groups -OCH3 is 1. The molecule has 26 heavy (non-hydrogen) atoms. The van der Waals surface area contributed by atoms with Crippen molar-refractivity contribution < 1.29 is 19.4 Å². The summed E-state index contributed by atoms with van der Waals surface area (Å²) in [5.74, 6) is -1.31. The van der Waals surface area contributed by atoms with Gasteiger partial charge in [-0.25, -0.2) is 4.79 Å². The molecular formula is C21H27NO4. The highest BCUT2D eigenvalue weighted by atomic mass is 16.5. The highest BCUT2D eigenvalue weighted by molar-refractivity contribution is 5.84. The van der Waals surface area contributed by atoms with E-state index in [1.165, 1.54) is 23.4 Å². The molecule has 5 nitrogen and oxygen atoms in total. The molecule has 2 aromatic rings. The molecule has 0 aromatic heterocycles. The van der Waals surface area contributed by atoms with Gasteiger partial charge in [-0.15, -0.1) is 0 Å². The second-order valence-electron chi connectivity index (χ2n) is 6.57. The number of aryl methyl sites for hydroxylation is 1. The average molecular weight is 357 g/mol. The summed E-state index contributed by atoms with van der Waals surface area (Å²) in [5.41, 5.74) is 1.33. The second-order valence-corrected chi connectivity index (χ2v) is 6.57. The summed E-state index contributed by atoms with van der Waals surface area (Å²) in [4.78, 5) is 24.5. The molecule has 140 valence electrons. The molecular weight excluding hydrogens is 330 g/mol. The van der Waals surface area contributed by atoms with Crippen LogP contribution in [-0.4, -0.2) is 48.7 Å². The molecule has 1 atom stereocenters. The predicted octanol–water partition coefficient (Wildman–Crippen LogP) is 3.50. The SMILES string of the molecule is COC(CC(=O)N(C)CCCCCc1ccc2ccccc2c1)C(=O)O. The van der Waals surface area contributed by atoms with Crippen LogP contribution in [0.15, 0.2) is 42.5 Å². The number of rotatable bonds is 10. The van der Waals surface area contributed by atoms with Crippen LogP contribution < -0.4 is 0 Å². The highest BCUT2D eigenvalue weighted by Gasteiger charge is 2.22. The topological polar surface area (TPSA) is 66.8 Å². The first-order chi connectivity index (χ1) is 12.5. The number of aliphatic carboxylic acids is 1. The Kier molecular flexibility index (Phi) is 7.60. The van der Waals surface area contributed by atoms with Crippen molar-refractivity contribution in [2.24, 2.45) is 0 Å². The first-order valence-corrected chi connectivity index (χ1v) is 8.98. The van der Waals surface area contributed by atoms with Gasteiger partial charge in [0.2, 0.25) is 5.91 Å². The number of hydrogen-bond acceptors (Lipinski definition) is 3. The van der Waals surface area contributed by atoms with Crippen molar-refractivity contribution in [1.29, 1.82) is 0 Å². The lowest BCUT2D eigenvalue weighted by molar-refractivity contribution is -0.152. The lowest BCUT2D eigenvalue weighted by Crippen LogP contribution is -2.34. The monoisotopic (exact) mass is 357 g/mol. The number of carbonyl (C=O) groups excluding carboxylic acids is 1. The number of amides is 1. The minimum atomic E-state index is -1.11. The summed E-state index contributed by atoms with van der Waals surface area (Å²) in [7, 11) is 3.01. The van der Waals surface area contributed by atoms with Gasteiger partial charge in [0, 0.05) is 20.7 Å². The van der Waals surface area contributed by atoms with Crippen LogP contribution in [-0.2, 0) is 20.7 Å². The van der Waals surface area contributed by atoms with E-state index in [9.17, 15) is 9.59 Å². The maximum Gasteiger partial charge on any atom is 0.333 e. The Morgan fingerprint density at radius 1 is 1.08 bits per heavy atom. The van der Waals surface area contributed by atoms with Crippen LogP contribution in [0, 0.1) is 0 Å². The fourth-order valence-electron chi connectivity index (χ4n) is 2.96. The van der Waals surface area contributed by atoms with Gasteiger partial charge in [0.15, 0.2) is 6.10 Å². The molecule has 0 spiro atoms. The van der Waals surface area contributed by atoms with Crippen molar-refractivity contribution >= 4 is 22.6 Å². The molecule has 2 rings (SSSR count). The largest absolute Gasteiger partial charge is 0.479 e. The summed E-state index contributed by atoms with van der Waals surface area (Å²) in [6.07, 6.45) is 2.82. The van der Waals surface area contributed by atoms with Crippen molar-refractivity contribution in [3.05, 3.63) is 48.0 Å². The van der Waals surface area contributed by atoms with Crippen LogP contribution >= 0.6 is 0 Å². The van der Waals surface area contributed by atoms with E-state index >= 15 is 0 Å². The van der Waals surface area contributed by atoms with Gasteiger partial charge >= 0.3 is 5.97 Å². The van der Waals surface area contributed by atoms with Crippen LogP contribution in [0.2, 0.25) is 0 Å². The summed E-state index contributed by atoms with van der Waals surface area (Å²) < 4.78 is 4.81. The minimum absolute atomic E-state index is 0.126. The Balaban J connectivity index is 1.69. The number of carboxylic acids is 1. The zero-order valence-electron chi connectivity index (χ0n) is 15.5. The Hall–Kier alpha value is -2.40. The highest BCUT2D eigenvalue weighted by Crippen LogP contribution is 2.17. The van der Waals surface area contributed by atoms with Crippen LogP contribution in [0.5, 0.6) is 0 Å². The normalized spacial score (nSPS) is 12.1. The van der Waals surface area contributed by atoms with Crippen LogP contribution in [0.25, 0.3) is 10.8 Å². The van der Waals surface area contributed by atoms with Gasteiger partial charge in [0.1, 0.15) is 0 Å². The van der Waals surface area contributed by atoms with E-state index in [1.807, 2.05) is 6.07 Å². The minimum Gasteiger partial charge on any atom is -0.479 e. The maximum atomic E-state index is 12.0. The maximum absolute atomic E-state index is 12.0. The molecule has 0 bridgehead atoms. The van der Waals surface area contributed by atoms with E-state index < -0.39 is 12.1 Å². The average Bonchev–Trinajstić information content (AvgIpc) is 2.65. The number of fused-ring (bicyclic) bond motifs is 1. The van der Waals surface area contributed by atoms with Gasteiger partial charge in [-0.1, -0.05) is 48.9 Å². The van der Waals surface area contributed by atoms with Crippen LogP contribution in [0.1, 0.15) is 31.2 Å². The lowest BCUT2D eigenvalue weighted by atomic mass is 10.0. The predicted molar refractivity (Wildman–Crippen MR) is 102 cm³/mol. The Bertz CT molecular complexity index is 744. The Morgan fingerprint density at radius 2 is 1.81 bits per heavy atom. The van der Waals surface area contributed by atoms with Crippen molar-refractivity contribution in [3.63, 3.8) is 0 Å². The standard InChI is InChI=1S/C21H27NO4/c1-22(20(23)15-19(26-2)21(24)25)13-7-3-4-8-16-11-12-17-9-5-6-10-18(17)14-16/h5-6,9-12,14,19H,3-4,7-8,13,15H2,1-2H3,(H,24,25). The van der Waals surface area contributed by atoms with Crippen LogP contribution in [0.4, 0.5) is 0 Å². The molecule has 1 N–H and O–H groups in total. The summed E-state index contributed by atoms with van der Waals surface area (Å²) in [5, 5.41) is 11.5. The molecule has 0 saturated carbocycles. The van der Waals surface area contributed by atoms with Crippen molar-refractivity contribution in [3.8, 4) is 0 Å². The molecule has 0 aliphatic carbocycles. The van der Waals surface area contributed by atoms with Gasteiger partial charge in [-0.05, 0) is 35.6 Å². The molecule has 0 aliphatic heterocycles. The first-order valence-electron chi connectivity index (χ1n) is 8.98. The zero-order chi connectivity index (χ0) is 18.9. The second kappa shape index (κ2) is 9.92. The molecule has 2 aromatic carbocycles. The summed E-state index contributed by atoms with van der Waals surface area (Å²) in [6.45, 7) is 0.632. The molecule has 0 saturated heterocycles. The van der Waals surface area contributed by atoms with Gasteiger partial charge in [0.05, 0.1) is 6.42 Å². The lowest BCUT2D eigenvalue weighted by Gasteiger charge is -2.19. The zero-order valence-corrected chi connectivity index (χ0v) is 15.5. The van der Waals surface area contributed by atoms with E-state index in [-0.39, 0.29) is 12.3 Å². The number of hydrogen-bond donors (Lipinski definition) is 1. The van der Waals surface area contributed by atoms with Crippen molar-refractivity contribution in [1.82, 2.24) is 4.90 Å². The van der Waals surface area contributed by atoms with Gasteiger partial charge in [0.25, 0.3) is 0 Å². The smallest absolute Gasteiger partial charge is 0.333 e. The Labute approximate surface area is 154 Å². The van der Waals surface area contributed by atoms with E-state index in [4.69, 9.17) is 9.84 Å². The molecule has 0 aliphatic rings. The number of unbranched alkanes of at least 4 members (excludes halogenated alkanes) is 2. The van der Waals surface area contributed by atoms with Gasteiger partial charge < -0.3 is 14.7 Å². The van der Waals surface area contributed by atoms with E-state index in [0.29, 0.717) is 6.54 Å². The van der Waals surface area contributed by atoms with Gasteiger partial charge in [-0.2, -0.15) is 0 Å². The van der Waals surface area contributed by atoms with Crippen molar-refractivity contribution in [2.45, 2.75) is 38.2 Å². The summed E-state index contributed by atoms with van der Waals surface area (Å²) >= 11 is 0. The molecule has 0 radical (unpaired) electrons. The van der Waals surface area contributed by atoms with Crippen LogP contribution in [0.3, 0.4) is 0 Å². The summed E-state index contributed by atoms with van der Waals surface area (Å²) in [6, 6.07) is 14.9. The third kappa shape index (κ3) is 5.85. The third-order valence-corrected chi connectivity index (χ3v) is 4.62. The number of ether oxygens (including phenoxy) is 1. The number of carbonyl (C=O) groups is 2. The van der Waals surface area contributed by atoms with Crippen molar-refractivity contribution in [2.75, 3.05) is 20.7 Å². The number of benzene rings is 2. The number of carboxylic acid groups (broad SMARTS) is 1. The van der Waals surface area contributed by atoms with E-state index in [0.717, 1.165) is 25.7 Å². The third-order valence-electron chi connectivity index (χ3n) is 4.62. The fraction of sp³-hybridized carbons (Fsp3) is 0.429. The molecule has 1 amide bonds. The Morgan fingerprint density at radius 3 is 2.50 bits per heavy atom. The molecule has 0 heterocycles. The first kappa shape index (κ1) is 19.9. The molecule has 1 unspecified atom stereocenters. The molecule has 0 fully saturated rings. The van der Waals surface area contributed by atoms with E-state index in [1.54, 1.807) is 11.9 Å². The van der Waals surface area contributed by atoms with Gasteiger partial charge in [-0.3, -0.25) is 4.79 Å². The van der Waals surface area contributed by atoms with E-state index in [2.05, 4.69) is 36.4 Å². The number of nitrogens with zero attached hydrogens (tertiary/aromatic N) is 1. The molecule has 5 heteroatoms. The quantitative estimate of drug-likeness (QED) is 0.661.